The van der Waals surface area contributed by atoms with Gasteiger partial charge in [0.15, 0.2) is 11.5 Å². The fraction of sp³-hybridized carbons (Fsp3) is 0.625. The fourth-order valence-electron chi connectivity index (χ4n) is 1.91. The Morgan fingerprint density at radius 1 is 1.21 bits per heavy atom. The van der Waals surface area contributed by atoms with Gasteiger partial charge in [0.2, 0.25) is 0 Å². The first-order chi connectivity index (χ1) is 9.33. The summed E-state index contributed by atoms with van der Waals surface area (Å²) in [6.45, 7) is 5.92. The van der Waals surface area contributed by atoms with Gasteiger partial charge < -0.3 is 14.8 Å². The Kier molecular flexibility index (Phi) is 5.52. The summed E-state index contributed by atoms with van der Waals surface area (Å²) in [6, 6.07) is 8.68. The van der Waals surface area contributed by atoms with Crippen molar-refractivity contribution < 1.29 is 9.47 Å². The molecule has 1 fully saturated rings. The second kappa shape index (κ2) is 7.39. The van der Waals surface area contributed by atoms with E-state index in [0.29, 0.717) is 0 Å². The minimum absolute atomic E-state index is 0.215. The van der Waals surface area contributed by atoms with Gasteiger partial charge in [-0.25, -0.2) is 0 Å². The first-order valence-electron chi connectivity index (χ1n) is 7.45. The number of para-hydroxylation sites is 2. The SMILES string of the molecule is CCCOc1ccccc1OC(CC)CNC1CC1. The van der Waals surface area contributed by atoms with Crippen LogP contribution in [-0.4, -0.2) is 25.3 Å². The molecule has 1 saturated carbocycles. The van der Waals surface area contributed by atoms with Crippen molar-refractivity contribution in [2.24, 2.45) is 0 Å². The van der Waals surface area contributed by atoms with E-state index in [1.807, 2.05) is 24.3 Å². The van der Waals surface area contributed by atoms with E-state index < -0.39 is 0 Å². The molecule has 0 aromatic heterocycles. The summed E-state index contributed by atoms with van der Waals surface area (Å²) in [5.41, 5.74) is 0. The van der Waals surface area contributed by atoms with Crippen molar-refractivity contribution in [3.8, 4) is 11.5 Å². The van der Waals surface area contributed by atoms with Gasteiger partial charge in [-0.05, 0) is 37.8 Å². The van der Waals surface area contributed by atoms with Crippen molar-refractivity contribution >= 4 is 0 Å². The molecular weight excluding hydrogens is 238 g/mol. The number of hydrogen-bond donors (Lipinski definition) is 1. The van der Waals surface area contributed by atoms with Gasteiger partial charge in [0, 0.05) is 12.6 Å². The topological polar surface area (TPSA) is 30.5 Å². The minimum Gasteiger partial charge on any atom is -0.490 e. The molecule has 1 aromatic carbocycles. The number of rotatable bonds is 9. The standard InChI is InChI=1S/C16H25NO2/c1-3-11-18-15-7-5-6-8-16(15)19-14(4-2)12-17-13-9-10-13/h5-8,13-14,17H,3-4,9-12H2,1-2H3. The first-order valence-corrected chi connectivity index (χ1v) is 7.45. The molecule has 0 spiro atoms. The van der Waals surface area contributed by atoms with Gasteiger partial charge >= 0.3 is 0 Å². The third kappa shape index (κ3) is 4.75. The molecule has 0 saturated heterocycles. The van der Waals surface area contributed by atoms with Crippen molar-refractivity contribution in [3.63, 3.8) is 0 Å². The average molecular weight is 263 g/mol. The van der Waals surface area contributed by atoms with Crippen LogP contribution in [0.25, 0.3) is 0 Å². The number of ether oxygens (including phenoxy) is 2. The van der Waals surface area contributed by atoms with Crippen molar-refractivity contribution in [1.29, 1.82) is 0 Å². The Morgan fingerprint density at radius 3 is 2.58 bits per heavy atom. The van der Waals surface area contributed by atoms with Crippen LogP contribution in [0.3, 0.4) is 0 Å². The van der Waals surface area contributed by atoms with E-state index in [4.69, 9.17) is 9.47 Å². The molecule has 0 radical (unpaired) electrons. The van der Waals surface area contributed by atoms with Gasteiger partial charge in [-0.2, -0.15) is 0 Å². The first kappa shape index (κ1) is 14.2. The lowest BCUT2D eigenvalue weighted by atomic mass is 10.2. The maximum Gasteiger partial charge on any atom is 0.161 e. The van der Waals surface area contributed by atoms with Crippen LogP contribution in [0, 0.1) is 0 Å². The normalized spacial score (nSPS) is 16.1. The molecule has 2 rings (SSSR count). The van der Waals surface area contributed by atoms with Crippen LogP contribution in [0.4, 0.5) is 0 Å². The molecule has 1 aromatic rings. The summed E-state index contributed by atoms with van der Waals surface area (Å²) in [5.74, 6) is 1.72. The molecule has 1 unspecified atom stereocenters. The van der Waals surface area contributed by atoms with E-state index in [1.165, 1.54) is 12.8 Å². The Hall–Kier alpha value is -1.22. The molecule has 0 bridgehead atoms. The monoisotopic (exact) mass is 263 g/mol. The summed E-state index contributed by atoms with van der Waals surface area (Å²) < 4.78 is 11.8. The predicted octanol–water partition coefficient (Wildman–Crippen LogP) is 3.38. The molecular formula is C16H25NO2. The van der Waals surface area contributed by atoms with Crippen LogP contribution in [0.1, 0.15) is 39.5 Å². The summed E-state index contributed by atoms with van der Waals surface area (Å²) in [4.78, 5) is 0. The molecule has 1 atom stereocenters. The third-order valence-electron chi connectivity index (χ3n) is 3.27. The second-order valence-corrected chi connectivity index (χ2v) is 5.13. The van der Waals surface area contributed by atoms with Gasteiger partial charge in [0.05, 0.1) is 6.61 Å². The maximum atomic E-state index is 6.08. The van der Waals surface area contributed by atoms with E-state index >= 15 is 0 Å². The lowest BCUT2D eigenvalue weighted by molar-refractivity contribution is 0.181. The summed E-state index contributed by atoms with van der Waals surface area (Å²) in [6.07, 6.45) is 4.85. The molecule has 1 aliphatic rings. The van der Waals surface area contributed by atoms with Gasteiger partial charge in [-0.1, -0.05) is 26.0 Å². The molecule has 1 N–H and O–H groups in total. The van der Waals surface area contributed by atoms with Gasteiger partial charge in [0.1, 0.15) is 6.10 Å². The molecule has 3 heteroatoms. The van der Waals surface area contributed by atoms with Crippen LogP contribution in [-0.2, 0) is 0 Å². The van der Waals surface area contributed by atoms with Crippen LogP contribution in [0.15, 0.2) is 24.3 Å². The zero-order valence-corrected chi connectivity index (χ0v) is 12.0. The highest BCUT2D eigenvalue weighted by Crippen LogP contribution is 2.28. The molecule has 0 heterocycles. The Morgan fingerprint density at radius 2 is 1.95 bits per heavy atom. The van der Waals surface area contributed by atoms with Crippen molar-refractivity contribution in [3.05, 3.63) is 24.3 Å². The van der Waals surface area contributed by atoms with Crippen LogP contribution in [0.5, 0.6) is 11.5 Å². The quantitative estimate of drug-likeness (QED) is 0.741. The lowest BCUT2D eigenvalue weighted by Crippen LogP contribution is -2.32. The Labute approximate surface area is 116 Å². The predicted molar refractivity (Wildman–Crippen MR) is 78.0 cm³/mol. The van der Waals surface area contributed by atoms with Crippen LogP contribution in [0.2, 0.25) is 0 Å². The van der Waals surface area contributed by atoms with Crippen LogP contribution >= 0.6 is 0 Å². The highest BCUT2D eigenvalue weighted by Gasteiger charge is 2.22. The Balaban J connectivity index is 1.90. The second-order valence-electron chi connectivity index (χ2n) is 5.13. The molecule has 19 heavy (non-hydrogen) atoms. The van der Waals surface area contributed by atoms with Crippen LogP contribution < -0.4 is 14.8 Å². The van der Waals surface area contributed by atoms with E-state index in [-0.39, 0.29) is 6.10 Å². The highest BCUT2D eigenvalue weighted by molar-refractivity contribution is 5.39. The summed E-state index contributed by atoms with van der Waals surface area (Å²) in [7, 11) is 0. The zero-order chi connectivity index (χ0) is 13.5. The van der Waals surface area contributed by atoms with E-state index in [1.54, 1.807) is 0 Å². The highest BCUT2D eigenvalue weighted by atomic mass is 16.5. The molecule has 106 valence electrons. The summed E-state index contributed by atoms with van der Waals surface area (Å²) >= 11 is 0. The summed E-state index contributed by atoms with van der Waals surface area (Å²) in [5, 5.41) is 3.52. The zero-order valence-electron chi connectivity index (χ0n) is 12.0. The maximum absolute atomic E-state index is 6.08. The smallest absolute Gasteiger partial charge is 0.161 e. The molecule has 1 aliphatic carbocycles. The molecule has 3 nitrogen and oxygen atoms in total. The fourth-order valence-corrected chi connectivity index (χ4v) is 1.91. The van der Waals surface area contributed by atoms with Crippen molar-refractivity contribution in [1.82, 2.24) is 5.32 Å². The number of hydrogen-bond acceptors (Lipinski definition) is 3. The Bertz CT molecular complexity index is 377. The molecule has 0 amide bonds. The van der Waals surface area contributed by atoms with Gasteiger partial charge in [-0.15, -0.1) is 0 Å². The van der Waals surface area contributed by atoms with Gasteiger partial charge in [-0.3, -0.25) is 0 Å². The number of nitrogens with one attached hydrogen (secondary N) is 1. The van der Waals surface area contributed by atoms with Crippen molar-refractivity contribution in [2.75, 3.05) is 13.2 Å². The van der Waals surface area contributed by atoms with E-state index in [0.717, 1.165) is 43.5 Å². The van der Waals surface area contributed by atoms with E-state index in [9.17, 15) is 0 Å². The largest absolute Gasteiger partial charge is 0.490 e. The van der Waals surface area contributed by atoms with E-state index in [2.05, 4.69) is 19.2 Å². The third-order valence-corrected chi connectivity index (χ3v) is 3.27. The van der Waals surface area contributed by atoms with Gasteiger partial charge in [0.25, 0.3) is 0 Å². The molecule has 0 aliphatic heterocycles. The number of benzene rings is 1. The minimum atomic E-state index is 0.215. The lowest BCUT2D eigenvalue weighted by Gasteiger charge is -2.20. The van der Waals surface area contributed by atoms with Crippen molar-refractivity contribution in [2.45, 2.75) is 51.7 Å². The average Bonchev–Trinajstić information content (AvgIpc) is 3.26.